The largest absolute Gasteiger partial charge is 0.496 e. The van der Waals surface area contributed by atoms with Crippen molar-refractivity contribution in [3.63, 3.8) is 0 Å². The van der Waals surface area contributed by atoms with Gasteiger partial charge in [-0.05, 0) is 85.7 Å². The van der Waals surface area contributed by atoms with Crippen LogP contribution >= 0.6 is 0 Å². The van der Waals surface area contributed by atoms with Crippen molar-refractivity contribution in [2.75, 3.05) is 14.2 Å². The lowest BCUT2D eigenvalue weighted by atomic mass is 9.91. The van der Waals surface area contributed by atoms with Crippen LogP contribution in [0.25, 0.3) is 16.7 Å². The number of fused-ring (bicyclic) bond motifs is 1. The third-order valence-corrected chi connectivity index (χ3v) is 6.22. The number of rotatable bonds is 10. The van der Waals surface area contributed by atoms with Gasteiger partial charge in [-0.2, -0.15) is 10.5 Å². The van der Waals surface area contributed by atoms with Crippen LogP contribution in [-0.2, 0) is 18.3 Å². The Labute approximate surface area is 213 Å². The number of nitrogens with one attached hydrogen (secondary N) is 1. The van der Waals surface area contributed by atoms with Gasteiger partial charge in [0.15, 0.2) is 11.4 Å². The SMILES string of the molecule is CONC(F)c1cc(/C(=C\CCCc2nc(C)no2)c2cc(C)c3oc(=O)n(C)c3c2)cc(C)c1OC. The van der Waals surface area contributed by atoms with Gasteiger partial charge in [-0.3, -0.25) is 4.57 Å². The van der Waals surface area contributed by atoms with Crippen molar-refractivity contribution in [1.29, 1.82) is 0 Å². The van der Waals surface area contributed by atoms with E-state index in [9.17, 15) is 4.79 Å². The maximum atomic E-state index is 15.0. The highest BCUT2D eigenvalue weighted by molar-refractivity contribution is 5.88. The highest BCUT2D eigenvalue weighted by Gasteiger charge is 2.21. The summed E-state index contributed by atoms with van der Waals surface area (Å²) in [6, 6.07) is 7.60. The number of ether oxygens (including phenoxy) is 1. The predicted octanol–water partition coefficient (Wildman–Crippen LogP) is 5.02. The molecule has 0 bridgehead atoms. The van der Waals surface area contributed by atoms with Crippen LogP contribution in [0.5, 0.6) is 5.75 Å². The Balaban J connectivity index is 1.81. The van der Waals surface area contributed by atoms with E-state index in [0.717, 1.165) is 34.2 Å². The van der Waals surface area contributed by atoms with E-state index >= 15 is 4.39 Å². The van der Waals surface area contributed by atoms with Gasteiger partial charge >= 0.3 is 5.76 Å². The Morgan fingerprint density at radius 3 is 2.57 bits per heavy atom. The van der Waals surface area contributed by atoms with E-state index in [1.807, 2.05) is 32.0 Å². The van der Waals surface area contributed by atoms with Crippen LogP contribution < -0.4 is 16.0 Å². The first kappa shape index (κ1) is 26.3. The van der Waals surface area contributed by atoms with Gasteiger partial charge in [-0.1, -0.05) is 11.2 Å². The quantitative estimate of drug-likeness (QED) is 0.180. The molecule has 1 N–H and O–H groups in total. The molecule has 10 heteroatoms. The van der Waals surface area contributed by atoms with E-state index < -0.39 is 12.1 Å². The second kappa shape index (κ2) is 11.1. The van der Waals surface area contributed by atoms with Gasteiger partial charge in [-0.25, -0.2) is 9.18 Å². The van der Waals surface area contributed by atoms with Gasteiger partial charge in [0.2, 0.25) is 12.2 Å². The van der Waals surface area contributed by atoms with E-state index in [1.54, 1.807) is 20.0 Å². The Kier molecular flexibility index (Phi) is 7.89. The predicted molar refractivity (Wildman–Crippen MR) is 137 cm³/mol. The van der Waals surface area contributed by atoms with E-state index in [4.69, 9.17) is 18.5 Å². The van der Waals surface area contributed by atoms with E-state index in [-0.39, 0.29) is 0 Å². The highest BCUT2D eigenvalue weighted by Crippen LogP contribution is 2.36. The highest BCUT2D eigenvalue weighted by atomic mass is 19.1. The molecule has 0 saturated carbocycles. The number of methoxy groups -OCH3 is 1. The number of hydroxylamine groups is 1. The molecule has 0 aliphatic carbocycles. The monoisotopic (exact) mass is 510 g/mol. The summed E-state index contributed by atoms with van der Waals surface area (Å²) in [7, 11) is 4.55. The minimum atomic E-state index is -1.60. The second-order valence-corrected chi connectivity index (χ2v) is 8.91. The molecule has 2 heterocycles. The second-order valence-electron chi connectivity index (χ2n) is 8.91. The lowest BCUT2D eigenvalue weighted by Gasteiger charge is -2.19. The Hall–Kier alpha value is -3.76. The lowest BCUT2D eigenvalue weighted by Crippen LogP contribution is -2.17. The molecule has 4 rings (SSSR count). The fourth-order valence-corrected chi connectivity index (χ4v) is 4.48. The zero-order valence-corrected chi connectivity index (χ0v) is 21.8. The van der Waals surface area contributed by atoms with Crippen LogP contribution in [0.1, 0.15) is 58.7 Å². The van der Waals surface area contributed by atoms with Crippen LogP contribution in [0.4, 0.5) is 4.39 Å². The smallest absolute Gasteiger partial charge is 0.419 e. The Bertz CT molecular complexity index is 1500. The third-order valence-electron chi connectivity index (χ3n) is 6.22. The van der Waals surface area contributed by atoms with Crippen molar-refractivity contribution >= 4 is 16.7 Å². The number of aryl methyl sites for hydroxylation is 5. The Morgan fingerprint density at radius 2 is 1.89 bits per heavy atom. The number of alkyl halides is 1. The summed E-state index contributed by atoms with van der Waals surface area (Å²) in [5.74, 6) is 1.21. The molecule has 4 aromatic rings. The molecule has 2 aromatic heterocycles. The number of nitrogens with zero attached hydrogens (tertiary/aromatic N) is 3. The third kappa shape index (κ3) is 5.50. The molecule has 1 atom stereocenters. The fourth-order valence-electron chi connectivity index (χ4n) is 4.48. The lowest BCUT2D eigenvalue weighted by molar-refractivity contribution is 0.0112. The van der Waals surface area contributed by atoms with Gasteiger partial charge in [-0.15, -0.1) is 0 Å². The van der Waals surface area contributed by atoms with Gasteiger partial charge in [0.05, 0.1) is 19.7 Å². The minimum absolute atomic E-state index is 0.320. The molecule has 0 aliphatic rings. The van der Waals surface area contributed by atoms with Crippen LogP contribution in [0.2, 0.25) is 0 Å². The van der Waals surface area contributed by atoms with Crippen molar-refractivity contribution in [2.24, 2.45) is 7.05 Å². The van der Waals surface area contributed by atoms with E-state index in [0.29, 0.717) is 47.0 Å². The van der Waals surface area contributed by atoms with Crippen LogP contribution in [-0.4, -0.2) is 28.9 Å². The summed E-state index contributed by atoms with van der Waals surface area (Å²) >= 11 is 0. The van der Waals surface area contributed by atoms with Crippen molar-refractivity contribution in [1.82, 2.24) is 20.2 Å². The molecule has 0 spiro atoms. The molecular weight excluding hydrogens is 479 g/mol. The van der Waals surface area contributed by atoms with E-state index in [2.05, 4.69) is 21.7 Å². The summed E-state index contributed by atoms with van der Waals surface area (Å²) in [6.07, 6.45) is 2.61. The standard InChI is InChI=1S/C27H31FN4O5/c1-15-11-18(13-21(24(15)34-5)26(28)31-35-6)20(9-7-8-10-23-29-17(3)30-37-23)19-12-16(2)25-22(14-19)32(4)27(33)36-25/h9,11-14,26,31H,7-8,10H2,1-6H3/b20-9+. The van der Waals surface area contributed by atoms with Gasteiger partial charge < -0.3 is 18.5 Å². The number of oxazole rings is 1. The average molecular weight is 511 g/mol. The van der Waals surface area contributed by atoms with Crippen LogP contribution in [0.3, 0.4) is 0 Å². The van der Waals surface area contributed by atoms with Crippen molar-refractivity contribution in [3.05, 3.63) is 80.4 Å². The molecule has 2 aromatic carbocycles. The molecule has 0 fully saturated rings. The molecule has 37 heavy (non-hydrogen) atoms. The van der Waals surface area contributed by atoms with Crippen molar-refractivity contribution in [2.45, 2.75) is 46.3 Å². The van der Waals surface area contributed by atoms with Crippen LogP contribution in [0, 0.1) is 20.8 Å². The Morgan fingerprint density at radius 1 is 1.16 bits per heavy atom. The maximum absolute atomic E-state index is 15.0. The normalized spacial score (nSPS) is 12.9. The van der Waals surface area contributed by atoms with Crippen molar-refractivity contribution < 1.29 is 22.9 Å². The van der Waals surface area contributed by atoms with Crippen LogP contribution in [0.15, 0.2) is 44.1 Å². The van der Waals surface area contributed by atoms with Gasteiger partial charge in [0.1, 0.15) is 5.75 Å². The van der Waals surface area contributed by atoms with E-state index in [1.165, 1.54) is 18.8 Å². The number of benzene rings is 2. The summed E-state index contributed by atoms with van der Waals surface area (Å²) in [5, 5.41) is 3.84. The minimum Gasteiger partial charge on any atom is -0.496 e. The number of allylic oxidation sites excluding steroid dienone is 1. The molecule has 1 unspecified atom stereocenters. The van der Waals surface area contributed by atoms with Gasteiger partial charge in [0.25, 0.3) is 0 Å². The molecular formula is C27H31FN4O5. The molecule has 0 amide bonds. The zero-order valence-electron chi connectivity index (χ0n) is 21.8. The average Bonchev–Trinajstić information content (AvgIpc) is 3.41. The number of hydrogen-bond donors (Lipinski definition) is 1. The molecule has 0 radical (unpaired) electrons. The summed E-state index contributed by atoms with van der Waals surface area (Å²) in [6.45, 7) is 5.55. The first-order valence-electron chi connectivity index (χ1n) is 11.9. The topological polar surface area (TPSA) is 105 Å². The number of unbranched alkanes of at least 4 members (excludes halogenated alkanes) is 1. The molecule has 0 saturated heterocycles. The number of hydrogen-bond acceptors (Lipinski definition) is 8. The van der Waals surface area contributed by atoms with Gasteiger partial charge in [0, 0.05) is 19.0 Å². The van der Waals surface area contributed by atoms with Crippen molar-refractivity contribution in [3.8, 4) is 5.75 Å². The number of halogens is 1. The molecule has 196 valence electrons. The fraction of sp³-hybridized carbons (Fsp3) is 0.370. The molecule has 0 aliphatic heterocycles. The zero-order chi connectivity index (χ0) is 26.7. The maximum Gasteiger partial charge on any atom is 0.419 e. The first-order chi connectivity index (χ1) is 17.7. The number of aromatic nitrogens is 3. The summed E-state index contributed by atoms with van der Waals surface area (Å²) in [5.41, 5.74) is 8.05. The summed E-state index contributed by atoms with van der Waals surface area (Å²) in [4.78, 5) is 21.3. The summed E-state index contributed by atoms with van der Waals surface area (Å²) < 4.78 is 32.7. The molecule has 9 nitrogen and oxygen atoms in total. The first-order valence-corrected chi connectivity index (χ1v) is 11.9.